The summed E-state index contributed by atoms with van der Waals surface area (Å²) >= 11 is 3.56. The van der Waals surface area contributed by atoms with Crippen molar-refractivity contribution in [1.82, 2.24) is 0 Å². The number of hydrogen-bond donors (Lipinski definition) is 1. The normalized spacial score (nSPS) is 39.6. The molecular formula is C17H22BrN. The van der Waals surface area contributed by atoms with E-state index in [0.717, 1.165) is 17.8 Å². The fourth-order valence-electron chi connectivity index (χ4n) is 5.32. The quantitative estimate of drug-likeness (QED) is 0.796. The number of anilines is 1. The van der Waals surface area contributed by atoms with Crippen LogP contribution in [0, 0.1) is 24.7 Å². The third-order valence-corrected chi connectivity index (χ3v) is 6.12. The number of halogens is 1. The fourth-order valence-corrected chi connectivity index (χ4v) is 5.79. The van der Waals surface area contributed by atoms with Crippen LogP contribution in [0.15, 0.2) is 22.7 Å². The predicted octanol–water partition coefficient (Wildman–Crippen LogP) is 5.14. The van der Waals surface area contributed by atoms with E-state index >= 15 is 0 Å². The molecule has 102 valence electrons. The molecule has 1 aromatic rings. The highest BCUT2D eigenvalue weighted by molar-refractivity contribution is 9.10. The van der Waals surface area contributed by atoms with E-state index in [1.54, 1.807) is 0 Å². The van der Waals surface area contributed by atoms with Gasteiger partial charge in [-0.3, -0.25) is 0 Å². The molecule has 0 spiro atoms. The molecule has 0 unspecified atom stereocenters. The number of rotatable bonds is 2. The highest BCUT2D eigenvalue weighted by Crippen LogP contribution is 2.56. The molecule has 5 rings (SSSR count). The van der Waals surface area contributed by atoms with Crippen molar-refractivity contribution >= 4 is 21.6 Å². The van der Waals surface area contributed by atoms with Gasteiger partial charge in [-0.25, -0.2) is 0 Å². The lowest BCUT2D eigenvalue weighted by molar-refractivity contribution is 0.0107. The topological polar surface area (TPSA) is 12.0 Å². The Morgan fingerprint density at radius 3 is 2.16 bits per heavy atom. The van der Waals surface area contributed by atoms with Crippen LogP contribution in [-0.4, -0.2) is 5.54 Å². The maximum Gasteiger partial charge on any atom is 0.0381 e. The molecule has 4 saturated carbocycles. The van der Waals surface area contributed by atoms with Gasteiger partial charge in [-0.2, -0.15) is 0 Å². The summed E-state index contributed by atoms with van der Waals surface area (Å²) in [5, 5.41) is 3.96. The van der Waals surface area contributed by atoms with Gasteiger partial charge in [0.1, 0.15) is 0 Å². The predicted molar refractivity (Wildman–Crippen MR) is 83.4 cm³/mol. The minimum Gasteiger partial charge on any atom is -0.379 e. The molecule has 0 saturated heterocycles. The van der Waals surface area contributed by atoms with Gasteiger partial charge < -0.3 is 5.32 Å². The molecule has 1 nitrogen and oxygen atoms in total. The lowest BCUT2D eigenvalue weighted by Crippen LogP contribution is -2.54. The molecule has 4 aliphatic carbocycles. The van der Waals surface area contributed by atoms with Gasteiger partial charge >= 0.3 is 0 Å². The van der Waals surface area contributed by atoms with Crippen molar-refractivity contribution in [2.75, 3.05) is 5.32 Å². The molecule has 4 aliphatic rings. The van der Waals surface area contributed by atoms with Gasteiger partial charge in [0.2, 0.25) is 0 Å². The molecule has 0 atom stereocenters. The number of hydrogen-bond acceptors (Lipinski definition) is 1. The maximum absolute atomic E-state index is 3.96. The second-order valence-corrected chi connectivity index (χ2v) is 8.20. The van der Waals surface area contributed by atoms with E-state index in [1.807, 2.05) is 0 Å². The second-order valence-electron chi connectivity index (χ2n) is 7.28. The molecule has 0 aromatic heterocycles. The zero-order valence-electron chi connectivity index (χ0n) is 11.6. The van der Waals surface area contributed by atoms with Crippen molar-refractivity contribution in [2.45, 2.75) is 51.0 Å². The Hall–Kier alpha value is -0.500. The third-order valence-electron chi connectivity index (χ3n) is 5.63. The Morgan fingerprint density at radius 1 is 1.05 bits per heavy atom. The van der Waals surface area contributed by atoms with Gasteiger partial charge in [-0.05, 0) is 87.0 Å². The minimum atomic E-state index is 0.424. The van der Waals surface area contributed by atoms with Crippen LogP contribution in [0.25, 0.3) is 0 Å². The van der Waals surface area contributed by atoms with Gasteiger partial charge in [0, 0.05) is 15.7 Å². The molecule has 2 heteroatoms. The first-order valence-electron chi connectivity index (χ1n) is 7.66. The Labute approximate surface area is 124 Å². The summed E-state index contributed by atoms with van der Waals surface area (Å²) in [6.07, 6.45) is 8.78. The average Bonchev–Trinajstić information content (AvgIpc) is 2.31. The van der Waals surface area contributed by atoms with Crippen LogP contribution in [0.3, 0.4) is 0 Å². The smallest absolute Gasteiger partial charge is 0.0381 e. The van der Waals surface area contributed by atoms with Gasteiger partial charge in [-0.15, -0.1) is 0 Å². The van der Waals surface area contributed by atoms with Crippen molar-refractivity contribution in [3.8, 4) is 0 Å². The highest BCUT2D eigenvalue weighted by atomic mass is 79.9. The molecule has 0 amide bonds. The summed E-state index contributed by atoms with van der Waals surface area (Å²) in [5.74, 6) is 3.03. The van der Waals surface area contributed by atoms with Crippen LogP contribution in [-0.2, 0) is 0 Å². The number of aryl methyl sites for hydroxylation is 1. The lowest BCUT2D eigenvalue weighted by Gasteiger charge is -2.57. The van der Waals surface area contributed by atoms with E-state index < -0.39 is 0 Å². The van der Waals surface area contributed by atoms with Crippen molar-refractivity contribution in [3.63, 3.8) is 0 Å². The van der Waals surface area contributed by atoms with Crippen LogP contribution in [0.4, 0.5) is 5.69 Å². The lowest BCUT2D eigenvalue weighted by atomic mass is 9.53. The Morgan fingerprint density at radius 2 is 1.63 bits per heavy atom. The summed E-state index contributed by atoms with van der Waals surface area (Å²) in [4.78, 5) is 0. The summed E-state index contributed by atoms with van der Waals surface area (Å²) in [6, 6.07) is 6.64. The second kappa shape index (κ2) is 4.25. The van der Waals surface area contributed by atoms with Gasteiger partial charge in [-0.1, -0.05) is 15.9 Å². The fraction of sp³-hybridized carbons (Fsp3) is 0.647. The molecule has 19 heavy (non-hydrogen) atoms. The molecular weight excluding hydrogens is 298 g/mol. The maximum atomic E-state index is 3.96. The van der Waals surface area contributed by atoms with Gasteiger partial charge in [0.15, 0.2) is 0 Å². The molecule has 4 bridgehead atoms. The molecule has 0 aliphatic heterocycles. The van der Waals surface area contributed by atoms with Crippen LogP contribution in [0.2, 0.25) is 0 Å². The van der Waals surface area contributed by atoms with E-state index in [1.165, 1.54) is 54.2 Å². The molecule has 1 N–H and O–H groups in total. The van der Waals surface area contributed by atoms with Crippen molar-refractivity contribution in [3.05, 3.63) is 28.2 Å². The zero-order valence-corrected chi connectivity index (χ0v) is 13.2. The summed E-state index contributed by atoms with van der Waals surface area (Å²) in [6.45, 7) is 2.22. The third kappa shape index (κ3) is 2.12. The van der Waals surface area contributed by atoms with Crippen LogP contribution < -0.4 is 5.32 Å². The number of benzene rings is 1. The monoisotopic (exact) mass is 319 g/mol. The van der Waals surface area contributed by atoms with Gasteiger partial charge in [0.25, 0.3) is 0 Å². The standard InChI is InChI=1S/C17H22BrN/c1-11-4-15(18)2-3-16(11)19-17-8-12-5-13(9-17)7-14(6-12)10-17/h2-4,12-14,19H,5-10H2,1H3. The van der Waals surface area contributed by atoms with Crippen LogP contribution in [0.1, 0.15) is 44.1 Å². The summed E-state index contributed by atoms with van der Waals surface area (Å²) in [7, 11) is 0. The van der Waals surface area contributed by atoms with E-state index in [9.17, 15) is 0 Å². The largest absolute Gasteiger partial charge is 0.379 e. The van der Waals surface area contributed by atoms with Crippen LogP contribution in [0.5, 0.6) is 0 Å². The first-order valence-corrected chi connectivity index (χ1v) is 8.45. The molecule has 0 radical (unpaired) electrons. The molecule has 4 fully saturated rings. The van der Waals surface area contributed by atoms with E-state index in [-0.39, 0.29) is 0 Å². The van der Waals surface area contributed by atoms with E-state index in [0.29, 0.717) is 5.54 Å². The highest BCUT2D eigenvalue weighted by Gasteiger charge is 2.50. The molecule has 1 aromatic carbocycles. The van der Waals surface area contributed by atoms with E-state index in [4.69, 9.17) is 0 Å². The summed E-state index contributed by atoms with van der Waals surface area (Å²) < 4.78 is 1.18. The summed E-state index contributed by atoms with van der Waals surface area (Å²) in [5.41, 5.74) is 3.14. The first-order chi connectivity index (χ1) is 9.12. The zero-order chi connectivity index (χ0) is 13.0. The minimum absolute atomic E-state index is 0.424. The average molecular weight is 320 g/mol. The Kier molecular flexibility index (Phi) is 2.74. The SMILES string of the molecule is Cc1cc(Br)ccc1NC12CC3CC(CC(C3)C1)C2. The van der Waals surface area contributed by atoms with Crippen LogP contribution >= 0.6 is 15.9 Å². The Balaban J connectivity index is 1.62. The van der Waals surface area contributed by atoms with Crippen molar-refractivity contribution in [2.24, 2.45) is 17.8 Å². The first kappa shape index (κ1) is 12.3. The van der Waals surface area contributed by atoms with Gasteiger partial charge in [0.05, 0.1) is 0 Å². The number of nitrogens with one attached hydrogen (secondary N) is 1. The van der Waals surface area contributed by atoms with E-state index in [2.05, 4.69) is 46.4 Å². The van der Waals surface area contributed by atoms with Crippen molar-refractivity contribution < 1.29 is 0 Å². The van der Waals surface area contributed by atoms with Crippen molar-refractivity contribution in [1.29, 1.82) is 0 Å². The Bertz CT molecular complexity index is 473. The molecule has 0 heterocycles.